The molecule has 1 aliphatic rings. The first-order chi connectivity index (χ1) is 15.3. The first-order valence-corrected chi connectivity index (χ1v) is 10.4. The maximum atomic E-state index is 12.4. The lowest BCUT2D eigenvalue weighted by atomic mass is 10.2. The van der Waals surface area contributed by atoms with Gasteiger partial charge in [0.1, 0.15) is 6.61 Å². The Balaban J connectivity index is 1.10. The fraction of sp³-hybridized carbons (Fsp3) is 0.261. The third-order valence-corrected chi connectivity index (χ3v) is 5.27. The Bertz CT molecular complexity index is 1200. The molecule has 31 heavy (non-hydrogen) atoms. The number of nitrogens with one attached hydrogen (secondary N) is 1. The number of benzene rings is 2. The number of para-hydroxylation sites is 3. The molecule has 1 amide bonds. The summed E-state index contributed by atoms with van der Waals surface area (Å²) in [5.74, 6) is 1.23. The Morgan fingerprint density at radius 2 is 1.94 bits per heavy atom. The van der Waals surface area contributed by atoms with Crippen LogP contribution in [0.25, 0.3) is 10.9 Å². The van der Waals surface area contributed by atoms with Crippen LogP contribution in [-0.4, -0.2) is 44.7 Å². The molecule has 0 radical (unpaired) electrons. The molecule has 0 aliphatic carbocycles. The minimum Gasteiger partial charge on any atom is -0.486 e. The summed E-state index contributed by atoms with van der Waals surface area (Å²) >= 11 is 0. The average molecular weight is 417 g/mol. The van der Waals surface area contributed by atoms with Crippen molar-refractivity contribution < 1.29 is 14.3 Å². The van der Waals surface area contributed by atoms with Crippen LogP contribution >= 0.6 is 0 Å². The molecule has 2 aromatic heterocycles. The fourth-order valence-electron chi connectivity index (χ4n) is 3.73. The number of hydrogen-bond acceptors (Lipinski definition) is 5. The third-order valence-electron chi connectivity index (χ3n) is 5.27. The highest BCUT2D eigenvalue weighted by Crippen LogP contribution is 2.31. The average Bonchev–Trinajstić information content (AvgIpc) is 3.44. The van der Waals surface area contributed by atoms with Gasteiger partial charge in [-0.25, -0.2) is 4.68 Å². The predicted octanol–water partition coefficient (Wildman–Crippen LogP) is 2.89. The summed E-state index contributed by atoms with van der Waals surface area (Å²) < 4.78 is 15.5. The zero-order valence-electron chi connectivity index (χ0n) is 17.0. The van der Waals surface area contributed by atoms with E-state index >= 15 is 0 Å². The minimum absolute atomic E-state index is 0.191. The van der Waals surface area contributed by atoms with Crippen LogP contribution in [0.4, 0.5) is 0 Å². The van der Waals surface area contributed by atoms with E-state index < -0.39 is 0 Å². The number of aromatic nitrogens is 4. The van der Waals surface area contributed by atoms with Gasteiger partial charge >= 0.3 is 0 Å². The molecule has 4 aromatic rings. The van der Waals surface area contributed by atoms with Crippen molar-refractivity contribution in [3.8, 4) is 11.5 Å². The number of hydrogen-bond donors (Lipinski definition) is 1. The lowest BCUT2D eigenvalue weighted by molar-refractivity contribution is 0.0754. The summed E-state index contributed by atoms with van der Waals surface area (Å²) in [4.78, 5) is 12.4. The predicted molar refractivity (Wildman–Crippen MR) is 115 cm³/mol. The van der Waals surface area contributed by atoms with E-state index in [1.165, 1.54) is 10.9 Å². The Morgan fingerprint density at radius 1 is 1.10 bits per heavy atom. The molecule has 1 unspecified atom stereocenters. The quantitative estimate of drug-likeness (QED) is 0.468. The summed E-state index contributed by atoms with van der Waals surface area (Å²) in [5.41, 5.74) is 1.50. The van der Waals surface area contributed by atoms with Crippen LogP contribution < -0.4 is 14.8 Å². The van der Waals surface area contributed by atoms with Crippen molar-refractivity contribution in [1.82, 2.24) is 24.9 Å². The number of aryl methyl sites for hydroxylation is 1. The third kappa shape index (κ3) is 4.23. The number of fused-ring (bicyclic) bond motifs is 2. The molecular weight excluding hydrogens is 394 g/mol. The number of carbonyl (C=O) groups is 1. The summed E-state index contributed by atoms with van der Waals surface area (Å²) in [6, 6.07) is 17.9. The zero-order valence-corrected chi connectivity index (χ0v) is 17.0. The van der Waals surface area contributed by atoms with Crippen molar-refractivity contribution in [2.45, 2.75) is 25.6 Å². The van der Waals surface area contributed by atoms with Gasteiger partial charge in [-0.1, -0.05) is 35.5 Å². The molecule has 2 aromatic carbocycles. The highest BCUT2D eigenvalue weighted by atomic mass is 16.6. The molecule has 1 N–H and O–H groups in total. The van der Waals surface area contributed by atoms with Gasteiger partial charge in [0.15, 0.2) is 23.3 Å². The second kappa shape index (κ2) is 8.51. The first kappa shape index (κ1) is 19.2. The lowest BCUT2D eigenvalue weighted by Gasteiger charge is -2.26. The Kier molecular flexibility index (Phi) is 5.26. The van der Waals surface area contributed by atoms with Crippen LogP contribution in [0.1, 0.15) is 16.9 Å². The van der Waals surface area contributed by atoms with E-state index in [0.717, 1.165) is 18.7 Å². The second-order valence-electron chi connectivity index (χ2n) is 7.50. The van der Waals surface area contributed by atoms with Crippen LogP contribution in [0.3, 0.4) is 0 Å². The monoisotopic (exact) mass is 417 g/mol. The lowest BCUT2D eigenvalue weighted by Crippen LogP contribution is -2.33. The summed E-state index contributed by atoms with van der Waals surface area (Å²) in [6.45, 7) is 2.28. The van der Waals surface area contributed by atoms with Crippen LogP contribution in [0.5, 0.6) is 11.5 Å². The van der Waals surface area contributed by atoms with Gasteiger partial charge in [-0.15, -0.1) is 5.10 Å². The molecular formula is C23H23N5O3. The van der Waals surface area contributed by atoms with E-state index in [2.05, 4.69) is 44.6 Å². The molecule has 1 aliphatic heterocycles. The molecule has 0 saturated heterocycles. The zero-order chi connectivity index (χ0) is 21.0. The van der Waals surface area contributed by atoms with Gasteiger partial charge in [0.05, 0.1) is 12.7 Å². The SMILES string of the molecule is O=C(NCCCn1ccc2ccccc21)c1cn(CC2COc3ccccc3O2)nn1. The Hall–Kier alpha value is -3.81. The van der Waals surface area contributed by atoms with Crippen molar-refractivity contribution in [2.24, 2.45) is 0 Å². The van der Waals surface area contributed by atoms with Gasteiger partial charge in [-0.2, -0.15) is 0 Å². The van der Waals surface area contributed by atoms with Crippen molar-refractivity contribution in [2.75, 3.05) is 13.2 Å². The molecule has 0 spiro atoms. The largest absolute Gasteiger partial charge is 0.486 e. The normalized spacial score (nSPS) is 15.2. The first-order valence-electron chi connectivity index (χ1n) is 10.4. The topological polar surface area (TPSA) is 83.2 Å². The van der Waals surface area contributed by atoms with Crippen LogP contribution in [0, 0.1) is 0 Å². The molecule has 1 atom stereocenters. The molecule has 158 valence electrons. The smallest absolute Gasteiger partial charge is 0.273 e. The van der Waals surface area contributed by atoms with Gasteiger partial charge < -0.3 is 19.4 Å². The minimum atomic E-state index is -0.227. The number of rotatable bonds is 7. The number of ether oxygens (including phenoxy) is 2. The van der Waals surface area contributed by atoms with Gasteiger partial charge in [0.2, 0.25) is 0 Å². The van der Waals surface area contributed by atoms with E-state index in [0.29, 0.717) is 31.1 Å². The van der Waals surface area contributed by atoms with E-state index in [4.69, 9.17) is 9.47 Å². The fourth-order valence-corrected chi connectivity index (χ4v) is 3.73. The standard InChI is InChI=1S/C23H23N5O3/c29-23(24-11-5-12-27-13-10-17-6-1-2-7-20(17)27)19-15-28(26-25-19)14-18-16-30-21-8-3-4-9-22(21)31-18/h1-4,6-10,13,15,18H,5,11-12,14,16H2,(H,24,29). The number of amides is 1. The van der Waals surface area contributed by atoms with Gasteiger partial charge in [-0.05, 0) is 36.1 Å². The maximum absolute atomic E-state index is 12.4. The summed E-state index contributed by atoms with van der Waals surface area (Å²) in [7, 11) is 0. The summed E-state index contributed by atoms with van der Waals surface area (Å²) in [5, 5.41) is 12.2. The molecule has 5 rings (SSSR count). The van der Waals surface area contributed by atoms with Gasteiger partial charge in [-0.3, -0.25) is 4.79 Å². The molecule has 8 heteroatoms. The van der Waals surface area contributed by atoms with Crippen LogP contribution in [0.2, 0.25) is 0 Å². The molecule has 0 saturated carbocycles. The van der Waals surface area contributed by atoms with Crippen molar-refractivity contribution in [3.05, 3.63) is 72.7 Å². The van der Waals surface area contributed by atoms with Crippen molar-refractivity contribution in [3.63, 3.8) is 0 Å². The van der Waals surface area contributed by atoms with Gasteiger partial charge in [0.25, 0.3) is 5.91 Å². The van der Waals surface area contributed by atoms with E-state index in [1.54, 1.807) is 10.9 Å². The summed E-state index contributed by atoms with van der Waals surface area (Å²) in [6.07, 6.45) is 4.35. The Morgan fingerprint density at radius 3 is 2.87 bits per heavy atom. The van der Waals surface area contributed by atoms with Crippen molar-refractivity contribution >= 4 is 16.8 Å². The van der Waals surface area contributed by atoms with E-state index in [-0.39, 0.29) is 12.0 Å². The Labute approximate surface area is 179 Å². The maximum Gasteiger partial charge on any atom is 0.273 e. The molecule has 3 heterocycles. The molecule has 8 nitrogen and oxygen atoms in total. The van der Waals surface area contributed by atoms with Gasteiger partial charge in [0, 0.05) is 24.8 Å². The number of nitrogens with zero attached hydrogens (tertiary/aromatic N) is 4. The highest BCUT2D eigenvalue weighted by molar-refractivity contribution is 5.91. The second-order valence-corrected chi connectivity index (χ2v) is 7.50. The van der Waals surface area contributed by atoms with Crippen molar-refractivity contribution in [1.29, 1.82) is 0 Å². The van der Waals surface area contributed by atoms with E-state index in [9.17, 15) is 4.79 Å². The highest BCUT2D eigenvalue weighted by Gasteiger charge is 2.22. The van der Waals surface area contributed by atoms with Crippen LogP contribution in [0.15, 0.2) is 67.0 Å². The van der Waals surface area contributed by atoms with E-state index in [1.807, 2.05) is 36.4 Å². The van der Waals surface area contributed by atoms with Crippen LogP contribution in [-0.2, 0) is 13.1 Å². The number of carbonyl (C=O) groups excluding carboxylic acids is 1. The molecule has 0 bridgehead atoms. The molecule has 0 fully saturated rings.